The average Bonchev–Trinajstić information content (AvgIpc) is 3.29. The van der Waals surface area contributed by atoms with Crippen molar-refractivity contribution >= 4 is 5.91 Å². The summed E-state index contributed by atoms with van der Waals surface area (Å²) in [5.74, 6) is 1.39. The third-order valence-electron chi connectivity index (χ3n) is 5.27. The molecule has 2 aliphatic rings. The molecule has 25 heavy (non-hydrogen) atoms. The summed E-state index contributed by atoms with van der Waals surface area (Å²) in [6.45, 7) is 1.66. The third-order valence-corrected chi connectivity index (χ3v) is 5.27. The molecule has 1 aromatic heterocycles. The average molecular weight is 352 g/mol. The molecule has 0 radical (unpaired) electrons. The number of hydrogen-bond donors (Lipinski definition) is 2. The monoisotopic (exact) mass is 352 g/mol. The summed E-state index contributed by atoms with van der Waals surface area (Å²) in [6.07, 6.45) is 3.63. The molecule has 0 unspecified atom stereocenters. The number of aromatic nitrogens is 3. The molecular formula is C17H28N4O4. The first-order valence-corrected chi connectivity index (χ1v) is 9.08. The molecule has 0 aliphatic heterocycles. The summed E-state index contributed by atoms with van der Waals surface area (Å²) >= 11 is 0. The van der Waals surface area contributed by atoms with Crippen molar-refractivity contribution in [1.82, 2.24) is 19.7 Å². The number of aryl methyl sites for hydroxylation is 1. The third kappa shape index (κ3) is 4.49. The molecule has 3 atom stereocenters. The second-order valence-corrected chi connectivity index (χ2v) is 7.39. The number of nitrogens with zero attached hydrogens (tertiary/aromatic N) is 3. The number of carbonyl (C=O) groups is 1. The van der Waals surface area contributed by atoms with Crippen molar-refractivity contribution in [3.8, 4) is 0 Å². The molecule has 0 bridgehead atoms. The van der Waals surface area contributed by atoms with Crippen LogP contribution in [-0.2, 0) is 23.6 Å². The van der Waals surface area contributed by atoms with E-state index in [9.17, 15) is 14.7 Å². The van der Waals surface area contributed by atoms with Gasteiger partial charge in [0, 0.05) is 45.5 Å². The molecule has 1 heterocycles. The zero-order chi connectivity index (χ0) is 18.0. The van der Waals surface area contributed by atoms with Gasteiger partial charge in [-0.05, 0) is 31.6 Å². The molecule has 140 valence electrons. The highest BCUT2D eigenvalue weighted by Gasteiger charge is 2.36. The Morgan fingerprint density at radius 1 is 1.36 bits per heavy atom. The van der Waals surface area contributed by atoms with E-state index in [1.165, 1.54) is 22.1 Å². The topological polar surface area (TPSA) is 98.4 Å². The number of aliphatic hydroxyl groups excluding tert-OH is 1. The van der Waals surface area contributed by atoms with Crippen molar-refractivity contribution in [2.75, 3.05) is 19.8 Å². The van der Waals surface area contributed by atoms with Crippen LogP contribution in [0.1, 0.15) is 43.8 Å². The smallest absolute Gasteiger partial charge is 0.345 e. The van der Waals surface area contributed by atoms with Crippen molar-refractivity contribution in [3.05, 3.63) is 16.3 Å². The second kappa shape index (κ2) is 7.70. The molecule has 1 aromatic rings. The van der Waals surface area contributed by atoms with Crippen LogP contribution in [0.4, 0.5) is 0 Å². The highest BCUT2D eigenvalue weighted by Crippen LogP contribution is 2.37. The van der Waals surface area contributed by atoms with Crippen LogP contribution >= 0.6 is 0 Å². The van der Waals surface area contributed by atoms with Gasteiger partial charge in [0.2, 0.25) is 5.91 Å². The Morgan fingerprint density at radius 2 is 2.12 bits per heavy atom. The summed E-state index contributed by atoms with van der Waals surface area (Å²) in [5.41, 5.74) is -0.160. The molecule has 0 aromatic carbocycles. The van der Waals surface area contributed by atoms with E-state index in [1.54, 1.807) is 14.1 Å². The number of amides is 1. The molecule has 8 nitrogen and oxygen atoms in total. The Morgan fingerprint density at radius 3 is 2.76 bits per heavy atom. The quantitative estimate of drug-likeness (QED) is 0.637. The summed E-state index contributed by atoms with van der Waals surface area (Å²) < 4.78 is 8.32. The van der Waals surface area contributed by atoms with Gasteiger partial charge in [-0.25, -0.2) is 9.48 Å². The van der Waals surface area contributed by atoms with Gasteiger partial charge in [0.05, 0.1) is 12.7 Å². The van der Waals surface area contributed by atoms with E-state index in [0.717, 1.165) is 6.61 Å². The first kappa shape index (κ1) is 18.1. The van der Waals surface area contributed by atoms with E-state index < -0.39 is 6.10 Å². The van der Waals surface area contributed by atoms with E-state index in [0.29, 0.717) is 44.2 Å². The van der Waals surface area contributed by atoms with Gasteiger partial charge >= 0.3 is 5.69 Å². The fraction of sp³-hybridized carbons (Fsp3) is 0.824. The van der Waals surface area contributed by atoms with E-state index in [-0.39, 0.29) is 23.4 Å². The number of rotatable bonds is 8. The Bertz CT molecular complexity index is 664. The second-order valence-electron chi connectivity index (χ2n) is 7.39. The largest absolute Gasteiger partial charge is 0.393 e. The maximum Gasteiger partial charge on any atom is 0.345 e. The van der Waals surface area contributed by atoms with Crippen LogP contribution in [-0.4, -0.2) is 51.2 Å². The van der Waals surface area contributed by atoms with Gasteiger partial charge in [-0.15, -0.1) is 0 Å². The lowest BCUT2D eigenvalue weighted by Crippen LogP contribution is -2.32. The van der Waals surface area contributed by atoms with Crippen LogP contribution in [0.25, 0.3) is 0 Å². The molecule has 0 spiro atoms. The maximum absolute atomic E-state index is 11.9. The van der Waals surface area contributed by atoms with Gasteiger partial charge in [-0.3, -0.25) is 9.36 Å². The molecule has 0 saturated heterocycles. The minimum atomic E-state index is -0.492. The van der Waals surface area contributed by atoms with Crippen molar-refractivity contribution in [2.45, 2.75) is 44.1 Å². The fourth-order valence-corrected chi connectivity index (χ4v) is 3.50. The van der Waals surface area contributed by atoms with E-state index in [4.69, 9.17) is 4.74 Å². The van der Waals surface area contributed by atoms with Gasteiger partial charge in [-0.2, -0.15) is 5.10 Å². The first-order chi connectivity index (χ1) is 12.0. The molecule has 3 rings (SSSR count). The van der Waals surface area contributed by atoms with Gasteiger partial charge in [0.1, 0.15) is 5.82 Å². The Kier molecular flexibility index (Phi) is 5.58. The summed E-state index contributed by atoms with van der Waals surface area (Å²) in [5, 5.41) is 17.5. The highest BCUT2D eigenvalue weighted by molar-refractivity contribution is 5.75. The van der Waals surface area contributed by atoms with Crippen molar-refractivity contribution in [1.29, 1.82) is 0 Å². The Labute approximate surface area is 147 Å². The van der Waals surface area contributed by atoms with Crippen LogP contribution < -0.4 is 11.0 Å². The zero-order valence-electron chi connectivity index (χ0n) is 15.0. The molecule has 2 N–H and O–H groups in total. The number of hydrogen-bond acceptors (Lipinski definition) is 5. The van der Waals surface area contributed by atoms with E-state index in [1.807, 2.05) is 0 Å². The van der Waals surface area contributed by atoms with Crippen molar-refractivity contribution in [3.63, 3.8) is 0 Å². The van der Waals surface area contributed by atoms with Crippen LogP contribution in [0.2, 0.25) is 0 Å². The molecule has 1 amide bonds. The predicted molar refractivity (Wildman–Crippen MR) is 91.1 cm³/mol. The zero-order valence-corrected chi connectivity index (χ0v) is 15.0. The lowest BCUT2D eigenvalue weighted by Gasteiger charge is -2.15. The predicted octanol–water partition coefficient (Wildman–Crippen LogP) is -0.0938. The van der Waals surface area contributed by atoms with Crippen LogP contribution in [0.3, 0.4) is 0 Å². The van der Waals surface area contributed by atoms with E-state index in [2.05, 4.69) is 10.4 Å². The van der Waals surface area contributed by atoms with Crippen molar-refractivity contribution in [2.24, 2.45) is 25.9 Å². The fourth-order valence-electron chi connectivity index (χ4n) is 3.50. The van der Waals surface area contributed by atoms with E-state index >= 15 is 0 Å². The molecule has 8 heteroatoms. The van der Waals surface area contributed by atoms with Gasteiger partial charge in [-0.1, -0.05) is 0 Å². The number of ether oxygens (including phenoxy) is 1. The highest BCUT2D eigenvalue weighted by atomic mass is 16.5. The number of aliphatic hydroxyl groups is 1. The van der Waals surface area contributed by atoms with Gasteiger partial charge < -0.3 is 15.2 Å². The SMILES string of the molecule is Cn1nc([C@H]2C[C@H](CNC(=O)CCOCC3CC3)[C@H](O)C2)n(C)c1=O. The number of carbonyl (C=O) groups excluding carboxylic acids is 1. The standard InChI is InChI=1S/C17H28N4O4/c1-20-16(19-21(2)17(20)24)12-7-13(14(22)8-12)9-18-15(23)5-6-25-10-11-3-4-11/h11-14,22H,3-10H2,1-2H3,(H,18,23)/t12-,13+,14+/m0/s1. The van der Waals surface area contributed by atoms with Crippen molar-refractivity contribution < 1.29 is 14.6 Å². The first-order valence-electron chi connectivity index (χ1n) is 9.08. The summed E-state index contributed by atoms with van der Waals surface area (Å²) in [4.78, 5) is 23.7. The minimum Gasteiger partial charge on any atom is -0.393 e. The Balaban J connectivity index is 1.42. The molecular weight excluding hydrogens is 324 g/mol. The molecule has 2 saturated carbocycles. The number of nitrogens with one attached hydrogen (secondary N) is 1. The summed E-state index contributed by atoms with van der Waals surface area (Å²) in [6, 6.07) is 0. The lowest BCUT2D eigenvalue weighted by atomic mass is 10.0. The minimum absolute atomic E-state index is 0.0153. The Hall–Kier alpha value is -1.67. The summed E-state index contributed by atoms with van der Waals surface area (Å²) in [7, 11) is 3.33. The van der Waals surface area contributed by atoms with Crippen LogP contribution in [0.5, 0.6) is 0 Å². The maximum atomic E-state index is 11.9. The van der Waals surface area contributed by atoms with Crippen LogP contribution in [0, 0.1) is 11.8 Å². The lowest BCUT2D eigenvalue weighted by molar-refractivity contribution is -0.122. The van der Waals surface area contributed by atoms with Crippen LogP contribution in [0.15, 0.2) is 4.79 Å². The van der Waals surface area contributed by atoms with Gasteiger partial charge in [0.25, 0.3) is 0 Å². The molecule has 2 fully saturated rings. The molecule has 2 aliphatic carbocycles. The van der Waals surface area contributed by atoms with Gasteiger partial charge in [0.15, 0.2) is 0 Å². The normalized spacial score (nSPS) is 26.1.